The summed E-state index contributed by atoms with van der Waals surface area (Å²) >= 11 is 1.49. The predicted octanol–water partition coefficient (Wildman–Crippen LogP) is 2.16. The zero-order valence-corrected chi connectivity index (χ0v) is 18.4. The van der Waals surface area contributed by atoms with Gasteiger partial charge in [-0.2, -0.15) is 0 Å². The number of hydrogen-bond acceptors (Lipinski definition) is 6. The second-order valence-corrected chi connectivity index (χ2v) is 9.91. The van der Waals surface area contributed by atoms with Crippen LogP contribution in [0.25, 0.3) is 0 Å². The highest BCUT2D eigenvalue weighted by molar-refractivity contribution is 7.13. The van der Waals surface area contributed by atoms with E-state index in [0.717, 1.165) is 28.4 Å². The summed E-state index contributed by atoms with van der Waals surface area (Å²) < 4.78 is 6.18. The molecule has 4 atom stereocenters. The number of likely N-dealkylation sites (tertiary alicyclic amines) is 2. The minimum absolute atomic E-state index is 0.0423. The predicted molar refractivity (Wildman–Crippen MR) is 111 cm³/mol. The van der Waals surface area contributed by atoms with Crippen LogP contribution in [0, 0.1) is 18.8 Å². The number of piperidine rings is 1. The Kier molecular flexibility index (Phi) is 4.63. The maximum Gasteiger partial charge on any atom is 0.230 e. The first-order valence-electron chi connectivity index (χ1n) is 10.8. The fourth-order valence-electron chi connectivity index (χ4n) is 5.60. The van der Waals surface area contributed by atoms with Crippen molar-refractivity contribution in [2.24, 2.45) is 11.8 Å². The third kappa shape index (κ3) is 2.80. The van der Waals surface area contributed by atoms with Gasteiger partial charge in [-0.1, -0.05) is 12.2 Å². The van der Waals surface area contributed by atoms with Crippen LogP contribution in [0.3, 0.4) is 0 Å². The average Bonchev–Trinajstić information content (AvgIpc) is 3.47. The van der Waals surface area contributed by atoms with Gasteiger partial charge < -0.3 is 14.5 Å². The molecule has 3 saturated heterocycles. The number of thiazole rings is 1. The summed E-state index contributed by atoms with van der Waals surface area (Å²) in [6, 6.07) is 0. The fourth-order valence-corrected chi connectivity index (χ4v) is 6.74. The lowest BCUT2D eigenvalue weighted by Gasteiger charge is -2.35. The average molecular weight is 430 g/mol. The highest BCUT2D eigenvalue weighted by atomic mass is 32.1. The number of nitrogens with zero attached hydrogens (tertiary/aromatic N) is 3. The van der Waals surface area contributed by atoms with E-state index in [2.05, 4.69) is 4.98 Å². The first-order valence-corrected chi connectivity index (χ1v) is 11.6. The SMILES string of the molecule is CCN1C[C@]23C=C[C@@H](O2)[C@H](C(=O)N2CCC(c4nc(C)c(C(C)=O)s4)CC2)[C@@H]3C1=O. The number of hydrogen-bond donors (Lipinski definition) is 0. The third-order valence-electron chi connectivity index (χ3n) is 7.13. The number of likely N-dealkylation sites (N-methyl/N-ethyl adjacent to an activating group) is 1. The summed E-state index contributed by atoms with van der Waals surface area (Å²) in [7, 11) is 0. The summed E-state index contributed by atoms with van der Waals surface area (Å²) in [5, 5.41) is 1.000. The first kappa shape index (κ1) is 19.9. The van der Waals surface area contributed by atoms with Gasteiger partial charge in [-0.15, -0.1) is 11.3 Å². The summed E-state index contributed by atoms with van der Waals surface area (Å²) in [5.74, 6) is -0.380. The monoisotopic (exact) mass is 429 g/mol. The molecule has 2 amide bonds. The van der Waals surface area contributed by atoms with Crippen molar-refractivity contribution in [3.8, 4) is 0 Å². The second-order valence-electron chi connectivity index (χ2n) is 8.87. The van der Waals surface area contributed by atoms with E-state index in [0.29, 0.717) is 26.2 Å². The molecule has 7 nitrogen and oxygen atoms in total. The smallest absolute Gasteiger partial charge is 0.230 e. The van der Waals surface area contributed by atoms with Gasteiger partial charge in [0.25, 0.3) is 0 Å². The van der Waals surface area contributed by atoms with Gasteiger partial charge in [-0.05, 0) is 26.7 Å². The number of aromatic nitrogens is 1. The molecular formula is C22H27N3O4S. The Bertz CT molecular complexity index is 948. The van der Waals surface area contributed by atoms with Crippen molar-refractivity contribution in [1.82, 2.24) is 14.8 Å². The van der Waals surface area contributed by atoms with Crippen LogP contribution >= 0.6 is 11.3 Å². The Morgan fingerprint density at radius 2 is 2.07 bits per heavy atom. The van der Waals surface area contributed by atoms with Gasteiger partial charge in [0, 0.05) is 32.5 Å². The third-order valence-corrected chi connectivity index (χ3v) is 8.56. The van der Waals surface area contributed by atoms with E-state index in [1.54, 1.807) is 11.8 Å². The molecule has 4 aliphatic heterocycles. The Labute approximate surface area is 180 Å². The van der Waals surface area contributed by atoms with E-state index >= 15 is 0 Å². The Morgan fingerprint density at radius 1 is 1.33 bits per heavy atom. The lowest BCUT2D eigenvalue weighted by atomic mass is 9.76. The van der Waals surface area contributed by atoms with Crippen molar-refractivity contribution in [1.29, 1.82) is 0 Å². The maximum atomic E-state index is 13.4. The number of amides is 2. The molecule has 4 aliphatic rings. The molecular weight excluding hydrogens is 402 g/mol. The van der Waals surface area contributed by atoms with Crippen molar-refractivity contribution in [2.75, 3.05) is 26.2 Å². The van der Waals surface area contributed by atoms with E-state index in [9.17, 15) is 14.4 Å². The first-order chi connectivity index (χ1) is 14.3. The quantitative estimate of drug-likeness (QED) is 0.541. The number of ketones is 1. The lowest BCUT2D eigenvalue weighted by Crippen LogP contribution is -2.48. The van der Waals surface area contributed by atoms with Crippen LogP contribution in [-0.4, -0.2) is 70.3 Å². The fraction of sp³-hybridized carbons (Fsp3) is 0.636. The van der Waals surface area contributed by atoms with Gasteiger partial charge in [0.2, 0.25) is 11.8 Å². The van der Waals surface area contributed by atoms with E-state index in [4.69, 9.17) is 4.74 Å². The summed E-state index contributed by atoms with van der Waals surface area (Å²) in [4.78, 5) is 47.2. The van der Waals surface area contributed by atoms with Crippen molar-refractivity contribution in [3.05, 3.63) is 27.7 Å². The number of fused-ring (bicyclic) bond motifs is 1. The molecule has 0 N–H and O–H groups in total. The molecule has 5 rings (SSSR count). The zero-order chi connectivity index (χ0) is 21.2. The minimum atomic E-state index is -0.613. The molecule has 1 spiro atoms. The largest absolute Gasteiger partial charge is 0.360 e. The van der Waals surface area contributed by atoms with Crippen LogP contribution < -0.4 is 0 Å². The van der Waals surface area contributed by atoms with E-state index < -0.39 is 17.4 Å². The highest BCUT2D eigenvalue weighted by Gasteiger charge is 2.67. The molecule has 2 bridgehead atoms. The molecule has 0 radical (unpaired) electrons. The number of Topliss-reactive ketones (excluding diaryl/α,β-unsaturated/α-hetero) is 1. The van der Waals surface area contributed by atoms with Gasteiger partial charge in [-0.3, -0.25) is 14.4 Å². The van der Waals surface area contributed by atoms with Crippen LogP contribution in [-0.2, 0) is 14.3 Å². The van der Waals surface area contributed by atoms with Gasteiger partial charge in [0.05, 0.1) is 40.1 Å². The zero-order valence-electron chi connectivity index (χ0n) is 17.6. The van der Waals surface area contributed by atoms with Crippen LogP contribution in [0.15, 0.2) is 12.2 Å². The van der Waals surface area contributed by atoms with Crippen molar-refractivity contribution < 1.29 is 19.1 Å². The summed E-state index contributed by atoms with van der Waals surface area (Å²) in [5.41, 5.74) is 0.190. The molecule has 30 heavy (non-hydrogen) atoms. The van der Waals surface area contributed by atoms with Crippen LogP contribution in [0.4, 0.5) is 0 Å². The molecule has 1 aromatic heterocycles. The molecule has 3 fully saturated rings. The number of rotatable bonds is 4. The minimum Gasteiger partial charge on any atom is -0.360 e. The normalized spacial score (nSPS) is 32.9. The topological polar surface area (TPSA) is 79.8 Å². The highest BCUT2D eigenvalue weighted by Crippen LogP contribution is 2.52. The summed E-state index contributed by atoms with van der Waals surface area (Å²) in [6.45, 7) is 7.91. The standard InChI is InChI=1S/C22H27N3O4S/c1-4-24-11-22-8-5-15(29-22)16(17(22)21(24)28)20(27)25-9-6-14(7-10-25)19-23-12(2)18(30-19)13(3)26/h5,8,14-17H,4,6-7,9-11H2,1-3H3/t15-,16+,17-,22+/m1/s1. The molecule has 5 heterocycles. The van der Waals surface area contributed by atoms with Crippen molar-refractivity contribution in [2.45, 2.75) is 51.2 Å². The van der Waals surface area contributed by atoms with Crippen LogP contribution in [0.1, 0.15) is 53.0 Å². The Balaban J connectivity index is 1.29. The molecule has 160 valence electrons. The molecule has 0 aromatic carbocycles. The molecule has 8 heteroatoms. The molecule has 0 saturated carbocycles. The van der Waals surface area contributed by atoms with Crippen LogP contribution in [0.2, 0.25) is 0 Å². The second kappa shape index (κ2) is 6.99. The van der Waals surface area contributed by atoms with Crippen LogP contribution in [0.5, 0.6) is 0 Å². The van der Waals surface area contributed by atoms with Gasteiger partial charge >= 0.3 is 0 Å². The van der Waals surface area contributed by atoms with E-state index in [-0.39, 0.29) is 29.6 Å². The van der Waals surface area contributed by atoms with Gasteiger partial charge in [-0.25, -0.2) is 4.98 Å². The number of aryl methyl sites for hydroxylation is 1. The lowest BCUT2D eigenvalue weighted by molar-refractivity contribution is -0.144. The number of ether oxygens (including phenoxy) is 1. The number of carbonyl (C=O) groups excluding carboxylic acids is 3. The molecule has 1 aromatic rings. The van der Waals surface area contributed by atoms with E-state index in [1.807, 2.05) is 30.9 Å². The number of carbonyl (C=O) groups is 3. The Hall–Kier alpha value is -2.06. The van der Waals surface area contributed by atoms with E-state index in [1.165, 1.54) is 11.3 Å². The maximum absolute atomic E-state index is 13.4. The molecule has 0 aliphatic carbocycles. The van der Waals surface area contributed by atoms with Crippen molar-refractivity contribution in [3.63, 3.8) is 0 Å². The Morgan fingerprint density at radius 3 is 2.70 bits per heavy atom. The molecule has 0 unspecified atom stereocenters. The van der Waals surface area contributed by atoms with Gasteiger partial charge in [0.1, 0.15) is 5.60 Å². The van der Waals surface area contributed by atoms with Gasteiger partial charge in [0.15, 0.2) is 5.78 Å². The summed E-state index contributed by atoms with van der Waals surface area (Å²) in [6.07, 6.45) is 5.34. The van der Waals surface area contributed by atoms with Crippen molar-refractivity contribution >= 4 is 28.9 Å².